The summed E-state index contributed by atoms with van der Waals surface area (Å²) in [6.07, 6.45) is 0. The molecule has 4 rings (SSSR count). The van der Waals surface area contributed by atoms with Crippen LogP contribution in [0.4, 0.5) is 0 Å². The van der Waals surface area contributed by atoms with Gasteiger partial charge in [0.05, 0.1) is 12.7 Å². The fourth-order valence-corrected chi connectivity index (χ4v) is 3.46. The first kappa shape index (κ1) is 22.7. The van der Waals surface area contributed by atoms with Gasteiger partial charge in [0, 0.05) is 11.6 Å². The van der Waals surface area contributed by atoms with Crippen molar-refractivity contribution in [2.75, 3.05) is 13.7 Å². The van der Waals surface area contributed by atoms with E-state index in [2.05, 4.69) is 11.6 Å². The first-order chi connectivity index (χ1) is 16.3. The van der Waals surface area contributed by atoms with Crippen molar-refractivity contribution >= 4 is 0 Å². The molecule has 0 aliphatic carbocycles. The van der Waals surface area contributed by atoms with E-state index in [0.717, 1.165) is 5.57 Å². The largest absolute Gasteiger partial charge is 0.504 e. The predicted octanol–water partition coefficient (Wildman–Crippen LogP) is 5.05. The Labute approximate surface area is 195 Å². The molecule has 0 spiro atoms. The topological polar surface area (TPSA) is 118 Å². The summed E-state index contributed by atoms with van der Waals surface area (Å²) in [5.41, 5.74) is 2.18. The van der Waals surface area contributed by atoms with Crippen molar-refractivity contribution in [2.24, 2.45) is 0 Å². The number of imidazole rings is 1. The zero-order valence-electron chi connectivity index (χ0n) is 19.0. The van der Waals surface area contributed by atoms with Crippen molar-refractivity contribution in [1.29, 1.82) is 0 Å². The van der Waals surface area contributed by atoms with E-state index >= 15 is 0 Å². The molecular formula is C26H24N2O6. The average molecular weight is 460 g/mol. The Kier molecular flexibility index (Phi) is 6.14. The minimum absolute atomic E-state index is 0.0352. The number of phenolic OH excluding ortho intramolecular Hbond substituents is 1. The number of aromatic amines is 1. The second kappa shape index (κ2) is 9.19. The lowest BCUT2D eigenvalue weighted by Gasteiger charge is -2.09. The zero-order valence-corrected chi connectivity index (χ0v) is 19.0. The molecule has 0 fully saturated rings. The molecule has 0 saturated carbocycles. The third-order valence-electron chi connectivity index (χ3n) is 5.05. The van der Waals surface area contributed by atoms with E-state index < -0.39 is 11.2 Å². The molecule has 0 bridgehead atoms. The maximum atomic E-state index is 12.3. The normalized spacial score (nSPS) is 10.8. The standard InChI is InChI=1S/C26H24N2O6/c1-14(2)13-33-20-8-6-5-7-17(20)26-27-22(16-9-10-18(29)21(12-16)32-4)23(28-26)25-24(31)19(30)11-15(3)34-25/h5-12,29,31H,1,13H2,2-4H3,(H,27,28). The summed E-state index contributed by atoms with van der Waals surface area (Å²) in [5, 5.41) is 20.6. The Morgan fingerprint density at radius 2 is 1.91 bits per heavy atom. The number of aryl methyl sites for hydroxylation is 1. The van der Waals surface area contributed by atoms with Gasteiger partial charge in [0.15, 0.2) is 17.3 Å². The second-order valence-corrected chi connectivity index (χ2v) is 7.84. The third kappa shape index (κ3) is 4.38. The number of hydrogen-bond acceptors (Lipinski definition) is 7. The molecule has 0 atom stereocenters. The number of phenols is 1. The van der Waals surface area contributed by atoms with Gasteiger partial charge in [0.25, 0.3) is 0 Å². The molecule has 8 heteroatoms. The highest BCUT2D eigenvalue weighted by Crippen LogP contribution is 2.40. The molecule has 0 aliphatic heterocycles. The number of methoxy groups -OCH3 is 1. The fraction of sp³-hybridized carbons (Fsp3) is 0.154. The maximum absolute atomic E-state index is 12.3. The van der Waals surface area contributed by atoms with Crippen LogP contribution in [0, 0.1) is 6.92 Å². The molecule has 0 aliphatic rings. The Bertz CT molecular complexity index is 1430. The third-order valence-corrected chi connectivity index (χ3v) is 5.05. The highest BCUT2D eigenvalue weighted by Gasteiger charge is 2.23. The van der Waals surface area contributed by atoms with Gasteiger partial charge >= 0.3 is 0 Å². The van der Waals surface area contributed by atoms with E-state index in [0.29, 0.717) is 40.8 Å². The van der Waals surface area contributed by atoms with Crippen LogP contribution in [0.1, 0.15) is 12.7 Å². The van der Waals surface area contributed by atoms with Crippen molar-refractivity contribution in [3.05, 3.63) is 76.7 Å². The molecule has 3 N–H and O–H groups in total. The molecule has 8 nitrogen and oxygen atoms in total. The number of para-hydroxylation sites is 1. The number of H-pyrrole nitrogens is 1. The molecule has 2 heterocycles. The molecule has 34 heavy (non-hydrogen) atoms. The summed E-state index contributed by atoms with van der Waals surface area (Å²) in [7, 11) is 1.44. The van der Waals surface area contributed by atoms with E-state index in [1.165, 1.54) is 19.2 Å². The SMILES string of the molecule is C=C(C)COc1ccccc1-c1nc(-c2ccc(O)c(OC)c2)c(-c2oc(C)cc(=O)c2O)[nH]1. The number of ether oxygens (including phenoxy) is 2. The molecule has 0 radical (unpaired) electrons. The summed E-state index contributed by atoms with van der Waals surface area (Å²) >= 11 is 0. The second-order valence-electron chi connectivity index (χ2n) is 7.84. The van der Waals surface area contributed by atoms with Crippen molar-refractivity contribution < 1.29 is 24.1 Å². The first-order valence-electron chi connectivity index (χ1n) is 10.5. The maximum Gasteiger partial charge on any atom is 0.227 e. The summed E-state index contributed by atoms with van der Waals surface area (Å²) in [5.74, 6) is 0.952. The van der Waals surface area contributed by atoms with Crippen LogP contribution in [0.3, 0.4) is 0 Å². The lowest BCUT2D eigenvalue weighted by atomic mass is 10.1. The minimum atomic E-state index is -0.575. The van der Waals surface area contributed by atoms with Gasteiger partial charge in [-0.2, -0.15) is 0 Å². The number of benzene rings is 2. The molecule has 2 aromatic heterocycles. The van der Waals surface area contributed by atoms with Gasteiger partial charge in [-0.25, -0.2) is 4.98 Å². The van der Waals surface area contributed by atoms with Crippen LogP contribution in [0.2, 0.25) is 0 Å². The Balaban J connectivity index is 1.96. The number of nitrogens with zero attached hydrogens (tertiary/aromatic N) is 1. The molecule has 4 aromatic rings. The number of hydrogen-bond donors (Lipinski definition) is 3. The summed E-state index contributed by atoms with van der Waals surface area (Å²) in [4.78, 5) is 20.2. The highest BCUT2D eigenvalue weighted by molar-refractivity contribution is 5.82. The molecule has 2 aromatic carbocycles. The Morgan fingerprint density at radius 1 is 1.15 bits per heavy atom. The predicted molar refractivity (Wildman–Crippen MR) is 128 cm³/mol. The van der Waals surface area contributed by atoms with Gasteiger partial charge < -0.3 is 29.1 Å². The van der Waals surface area contributed by atoms with Crippen LogP contribution in [0.15, 0.2) is 69.9 Å². The number of aromatic hydroxyl groups is 2. The van der Waals surface area contributed by atoms with Gasteiger partial charge in [0.1, 0.15) is 35.3 Å². The van der Waals surface area contributed by atoms with E-state index in [4.69, 9.17) is 18.9 Å². The Hall–Kier alpha value is -4.46. The van der Waals surface area contributed by atoms with E-state index in [1.54, 1.807) is 19.1 Å². The monoisotopic (exact) mass is 460 g/mol. The van der Waals surface area contributed by atoms with Crippen LogP contribution in [0.25, 0.3) is 34.1 Å². The van der Waals surface area contributed by atoms with Crippen LogP contribution in [-0.2, 0) is 0 Å². The molecular weight excluding hydrogens is 436 g/mol. The van der Waals surface area contributed by atoms with Crippen molar-refractivity contribution in [1.82, 2.24) is 9.97 Å². The number of aromatic nitrogens is 2. The summed E-state index contributed by atoms with van der Waals surface area (Å²) in [6.45, 7) is 7.69. The van der Waals surface area contributed by atoms with Crippen LogP contribution in [0.5, 0.6) is 23.0 Å². The van der Waals surface area contributed by atoms with Gasteiger partial charge in [-0.15, -0.1) is 0 Å². The van der Waals surface area contributed by atoms with Crippen LogP contribution in [-0.4, -0.2) is 33.9 Å². The lowest BCUT2D eigenvalue weighted by Crippen LogP contribution is -2.01. The average Bonchev–Trinajstić information content (AvgIpc) is 3.25. The van der Waals surface area contributed by atoms with Gasteiger partial charge in [0.2, 0.25) is 11.2 Å². The van der Waals surface area contributed by atoms with Crippen molar-refractivity contribution in [2.45, 2.75) is 13.8 Å². The molecule has 0 unspecified atom stereocenters. The molecule has 174 valence electrons. The van der Waals surface area contributed by atoms with Gasteiger partial charge in [-0.1, -0.05) is 18.7 Å². The Morgan fingerprint density at radius 3 is 2.65 bits per heavy atom. The molecule has 0 amide bonds. The summed E-state index contributed by atoms with van der Waals surface area (Å²) < 4.78 is 16.9. The van der Waals surface area contributed by atoms with E-state index in [-0.39, 0.29) is 23.0 Å². The highest BCUT2D eigenvalue weighted by atomic mass is 16.5. The minimum Gasteiger partial charge on any atom is -0.504 e. The number of rotatable bonds is 7. The van der Waals surface area contributed by atoms with Crippen LogP contribution >= 0.6 is 0 Å². The smallest absolute Gasteiger partial charge is 0.227 e. The lowest BCUT2D eigenvalue weighted by molar-refractivity contribution is 0.354. The number of nitrogens with one attached hydrogen (secondary N) is 1. The summed E-state index contributed by atoms with van der Waals surface area (Å²) in [6, 6.07) is 13.3. The quantitative estimate of drug-likeness (QED) is 0.330. The first-order valence-corrected chi connectivity index (χ1v) is 10.5. The van der Waals surface area contributed by atoms with E-state index in [1.807, 2.05) is 31.2 Å². The zero-order chi connectivity index (χ0) is 24.4. The van der Waals surface area contributed by atoms with Crippen molar-refractivity contribution in [3.63, 3.8) is 0 Å². The van der Waals surface area contributed by atoms with Crippen LogP contribution < -0.4 is 14.9 Å². The van der Waals surface area contributed by atoms with Gasteiger partial charge in [-0.3, -0.25) is 4.79 Å². The van der Waals surface area contributed by atoms with Crippen molar-refractivity contribution in [3.8, 4) is 57.1 Å². The fourth-order valence-electron chi connectivity index (χ4n) is 3.46. The van der Waals surface area contributed by atoms with Gasteiger partial charge in [-0.05, 0) is 49.8 Å². The van der Waals surface area contributed by atoms with E-state index in [9.17, 15) is 15.0 Å². The molecule has 0 saturated heterocycles.